The summed E-state index contributed by atoms with van der Waals surface area (Å²) in [7, 11) is 0. The lowest BCUT2D eigenvalue weighted by atomic mass is 9.95. The maximum Gasteiger partial charge on any atom is 0.237 e. The molecule has 4 nitrogen and oxygen atoms in total. The van der Waals surface area contributed by atoms with Crippen molar-refractivity contribution < 1.29 is 9.90 Å². The minimum atomic E-state index is -0.0431. The Kier molecular flexibility index (Phi) is 6.65. The second-order valence-electron chi connectivity index (χ2n) is 6.02. The number of carbonyl (C=O) groups excluding carboxylic acids is 1. The SMILES string of the molecule is C[C@H](C(=O)N[C@@H]1CCCCC[C@@H]1CO)N1CCSCC1. The van der Waals surface area contributed by atoms with Gasteiger partial charge in [0.25, 0.3) is 0 Å². The van der Waals surface area contributed by atoms with E-state index in [2.05, 4.69) is 10.2 Å². The largest absolute Gasteiger partial charge is 0.396 e. The Balaban J connectivity index is 1.87. The normalized spacial score (nSPS) is 30.5. The highest BCUT2D eigenvalue weighted by Crippen LogP contribution is 2.23. The molecule has 0 bridgehead atoms. The van der Waals surface area contributed by atoms with Crippen LogP contribution in [0.5, 0.6) is 0 Å². The van der Waals surface area contributed by atoms with Gasteiger partial charge in [-0.1, -0.05) is 19.3 Å². The Hall–Kier alpha value is -0.260. The van der Waals surface area contributed by atoms with Gasteiger partial charge in [0, 0.05) is 43.2 Å². The molecule has 1 heterocycles. The summed E-state index contributed by atoms with van der Waals surface area (Å²) < 4.78 is 0. The van der Waals surface area contributed by atoms with Crippen LogP contribution in [0.25, 0.3) is 0 Å². The summed E-state index contributed by atoms with van der Waals surface area (Å²) in [6, 6.07) is 0.120. The fourth-order valence-corrected chi connectivity index (χ4v) is 4.16. The molecule has 0 aromatic rings. The summed E-state index contributed by atoms with van der Waals surface area (Å²) in [5.41, 5.74) is 0. The van der Waals surface area contributed by atoms with Crippen LogP contribution in [0.2, 0.25) is 0 Å². The molecule has 1 saturated carbocycles. The monoisotopic (exact) mass is 300 g/mol. The Morgan fingerprint density at radius 3 is 2.70 bits per heavy atom. The van der Waals surface area contributed by atoms with Crippen LogP contribution in [0.15, 0.2) is 0 Å². The number of aliphatic hydroxyl groups excluding tert-OH is 1. The van der Waals surface area contributed by atoms with Gasteiger partial charge in [0.05, 0.1) is 6.04 Å². The van der Waals surface area contributed by atoms with E-state index in [1.54, 1.807) is 0 Å². The molecular formula is C15H28N2O2S. The van der Waals surface area contributed by atoms with Crippen LogP contribution in [0.3, 0.4) is 0 Å². The van der Waals surface area contributed by atoms with Crippen LogP contribution < -0.4 is 5.32 Å². The number of amides is 1. The molecule has 1 aliphatic carbocycles. The number of thioether (sulfide) groups is 1. The van der Waals surface area contributed by atoms with Gasteiger partial charge in [-0.25, -0.2) is 0 Å². The maximum atomic E-state index is 12.4. The second-order valence-corrected chi connectivity index (χ2v) is 7.24. The first kappa shape index (κ1) is 16.1. The summed E-state index contributed by atoms with van der Waals surface area (Å²) in [6.07, 6.45) is 5.62. The van der Waals surface area contributed by atoms with Gasteiger partial charge in [-0.3, -0.25) is 9.69 Å². The average molecular weight is 300 g/mol. The first-order valence-corrected chi connectivity index (χ1v) is 9.11. The molecule has 2 aliphatic rings. The zero-order valence-corrected chi connectivity index (χ0v) is 13.3. The quantitative estimate of drug-likeness (QED) is 0.772. The van der Waals surface area contributed by atoms with Crippen molar-refractivity contribution in [1.29, 1.82) is 0 Å². The molecule has 20 heavy (non-hydrogen) atoms. The molecule has 1 amide bonds. The Bertz CT molecular complexity index is 308. The summed E-state index contributed by atoms with van der Waals surface area (Å²) in [5.74, 6) is 2.63. The third kappa shape index (κ3) is 4.37. The third-order valence-electron chi connectivity index (χ3n) is 4.69. The minimum absolute atomic E-state index is 0.0431. The number of hydrogen-bond donors (Lipinski definition) is 2. The van der Waals surface area contributed by atoms with Crippen molar-refractivity contribution in [3.8, 4) is 0 Å². The summed E-state index contributed by atoms with van der Waals surface area (Å²) in [4.78, 5) is 14.7. The maximum absolute atomic E-state index is 12.4. The molecule has 0 spiro atoms. The van der Waals surface area contributed by atoms with E-state index in [9.17, 15) is 9.90 Å². The van der Waals surface area contributed by atoms with Crippen molar-refractivity contribution >= 4 is 17.7 Å². The highest BCUT2D eigenvalue weighted by atomic mass is 32.2. The van der Waals surface area contributed by atoms with Gasteiger partial charge < -0.3 is 10.4 Å². The van der Waals surface area contributed by atoms with Gasteiger partial charge in [-0.2, -0.15) is 11.8 Å². The summed E-state index contributed by atoms with van der Waals surface area (Å²) >= 11 is 1.96. The molecule has 0 aromatic carbocycles. The van der Waals surface area contributed by atoms with E-state index in [-0.39, 0.29) is 30.5 Å². The average Bonchev–Trinajstić information content (AvgIpc) is 2.72. The molecule has 1 saturated heterocycles. The Labute approximate surface area is 126 Å². The third-order valence-corrected chi connectivity index (χ3v) is 5.64. The van der Waals surface area contributed by atoms with E-state index in [0.29, 0.717) is 0 Å². The highest BCUT2D eigenvalue weighted by Gasteiger charge is 2.28. The lowest BCUT2D eigenvalue weighted by molar-refractivity contribution is -0.127. The Morgan fingerprint density at radius 2 is 2.00 bits per heavy atom. The van der Waals surface area contributed by atoms with Crippen LogP contribution in [-0.4, -0.2) is 59.2 Å². The van der Waals surface area contributed by atoms with Crippen molar-refractivity contribution in [2.24, 2.45) is 5.92 Å². The van der Waals surface area contributed by atoms with Crippen LogP contribution in [0, 0.1) is 5.92 Å². The second kappa shape index (κ2) is 8.25. The Morgan fingerprint density at radius 1 is 1.30 bits per heavy atom. The van der Waals surface area contributed by atoms with E-state index in [0.717, 1.165) is 43.9 Å². The van der Waals surface area contributed by atoms with E-state index >= 15 is 0 Å². The number of nitrogens with zero attached hydrogens (tertiary/aromatic N) is 1. The van der Waals surface area contributed by atoms with Gasteiger partial charge in [0.15, 0.2) is 0 Å². The van der Waals surface area contributed by atoms with Gasteiger partial charge >= 0.3 is 0 Å². The summed E-state index contributed by atoms with van der Waals surface area (Å²) in [5, 5.41) is 12.7. The molecule has 2 fully saturated rings. The van der Waals surface area contributed by atoms with Crippen molar-refractivity contribution in [2.75, 3.05) is 31.2 Å². The molecule has 5 heteroatoms. The predicted octanol–water partition coefficient (Wildman–Crippen LogP) is 1.48. The van der Waals surface area contributed by atoms with E-state index in [1.165, 1.54) is 12.8 Å². The smallest absolute Gasteiger partial charge is 0.237 e. The number of aliphatic hydroxyl groups is 1. The van der Waals surface area contributed by atoms with Gasteiger partial charge in [0.2, 0.25) is 5.91 Å². The van der Waals surface area contributed by atoms with E-state index in [4.69, 9.17) is 0 Å². The molecule has 0 unspecified atom stereocenters. The van der Waals surface area contributed by atoms with E-state index in [1.807, 2.05) is 18.7 Å². The van der Waals surface area contributed by atoms with Crippen LogP contribution in [0.1, 0.15) is 39.0 Å². The van der Waals surface area contributed by atoms with Gasteiger partial charge in [-0.05, 0) is 19.8 Å². The lowest BCUT2D eigenvalue weighted by Crippen LogP contribution is -2.52. The van der Waals surface area contributed by atoms with E-state index < -0.39 is 0 Å². The number of rotatable bonds is 4. The molecule has 0 aromatic heterocycles. The molecule has 3 atom stereocenters. The fourth-order valence-electron chi connectivity index (χ4n) is 3.23. The number of carbonyl (C=O) groups is 1. The molecule has 0 radical (unpaired) electrons. The molecule has 116 valence electrons. The summed E-state index contributed by atoms with van der Waals surface area (Å²) in [6.45, 7) is 4.22. The number of hydrogen-bond acceptors (Lipinski definition) is 4. The van der Waals surface area contributed by atoms with Crippen molar-refractivity contribution in [3.05, 3.63) is 0 Å². The van der Waals surface area contributed by atoms with Crippen molar-refractivity contribution in [1.82, 2.24) is 10.2 Å². The van der Waals surface area contributed by atoms with Crippen molar-refractivity contribution in [2.45, 2.75) is 51.1 Å². The van der Waals surface area contributed by atoms with Crippen LogP contribution in [0.4, 0.5) is 0 Å². The first-order valence-electron chi connectivity index (χ1n) is 7.95. The van der Waals surface area contributed by atoms with Gasteiger partial charge in [0.1, 0.15) is 0 Å². The lowest BCUT2D eigenvalue weighted by Gasteiger charge is -2.33. The highest BCUT2D eigenvalue weighted by molar-refractivity contribution is 7.99. The zero-order valence-electron chi connectivity index (χ0n) is 12.5. The van der Waals surface area contributed by atoms with Crippen LogP contribution >= 0.6 is 11.8 Å². The zero-order chi connectivity index (χ0) is 14.4. The molecular weight excluding hydrogens is 272 g/mol. The van der Waals surface area contributed by atoms with Crippen molar-refractivity contribution in [3.63, 3.8) is 0 Å². The van der Waals surface area contributed by atoms with Crippen LogP contribution in [-0.2, 0) is 4.79 Å². The standard InChI is InChI=1S/C15H28N2O2S/c1-12(17-7-9-20-10-8-17)15(19)16-14-6-4-2-3-5-13(14)11-18/h12-14,18H,2-11H2,1H3,(H,16,19)/t12-,13-,14-/m1/s1. The fraction of sp³-hybridized carbons (Fsp3) is 0.933. The number of nitrogens with one attached hydrogen (secondary N) is 1. The predicted molar refractivity (Wildman–Crippen MR) is 84.0 cm³/mol. The molecule has 2 rings (SSSR count). The molecule has 2 N–H and O–H groups in total. The minimum Gasteiger partial charge on any atom is -0.396 e. The first-order chi connectivity index (χ1) is 9.72. The van der Waals surface area contributed by atoms with Gasteiger partial charge in [-0.15, -0.1) is 0 Å². The molecule has 1 aliphatic heterocycles. The topological polar surface area (TPSA) is 52.6 Å².